The van der Waals surface area contributed by atoms with Gasteiger partial charge < -0.3 is 14.2 Å². The van der Waals surface area contributed by atoms with E-state index in [9.17, 15) is 14.4 Å². The fourth-order valence-electron chi connectivity index (χ4n) is 7.08. The van der Waals surface area contributed by atoms with Gasteiger partial charge in [0, 0.05) is 19.3 Å². The van der Waals surface area contributed by atoms with Crippen LogP contribution in [0.2, 0.25) is 0 Å². The van der Waals surface area contributed by atoms with E-state index in [1.807, 2.05) is 0 Å². The van der Waals surface area contributed by atoms with Crippen LogP contribution in [0, 0.1) is 0 Å². The van der Waals surface area contributed by atoms with E-state index in [0.717, 1.165) is 89.9 Å². The van der Waals surface area contributed by atoms with Gasteiger partial charge in [-0.25, -0.2) is 0 Å². The Kier molecular flexibility index (Phi) is 45.9. The van der Waals surface area contributed by atoms with E-state index in [-0.39, 0.29) is 31.1 Å². The predicted octanol–water partition coefficient (Wildman–Crippen LogP) is 16.3. The Labute approximate surface area is 365 Å². The molecule has 0 saturated heterocycles. The van der Waals surface area contributed by atoms with Crippen molar-refractivity contribution in [2.75, 3.05) is 13.2 Å². The number of hydrogen-bond acceptors (Lipinski definition) is 6. The minimum Gasteiger partial charge on any atom is -0.462 e. The first kappa shape index (κ1) is 56.4. The van der Waals surface area contributed by atoms with Crippen LogP contribution >= 0.6 is 0 Å². The molecule has 0 aliphatic carbocycles. The van der Waals surface area contributed by atoms with Gasteiger partial charge in [0.05, 0.1) is 0 Å². The van der Waals surface area contributed by atoms with Crippen molar-refractivity contribution in [2.24, 2.45) is 0 Å². The Bertz CT molecular complexity index is 1040. The van der Waals surface area contributed by atoms with Crippen LogP contribution in [-0.2, 0) is 28.6 Å². The second-order valence-corrected chi connectivity index (χ2v) is 16.7. The first-order valence-corrected chi connectivity index (χ1v) is 25.1. The van der Waals surface area contributed by atoms with Crippen LogP contribution in [0.15, 0.2) is 48.6 Å². The highest BCUT2D eigenvalue weighted by molar-refractivity contribution is 5.71. The molecule has 1 unspecified atom stereocenters. The normalized spacial score (nSPS) is 12.4. The van der Waals surface area contributed by atoms with Gasteiger partial charge in [0.25, 0.3) is 0 Å². The maximum Gasteiger partial charge on any atom is 0.306 e. The van der Waals surface area contributed by atoms with Crippen LogP contribution in [-0.4, -0.2) is 37.2 Å². The van der Waals surface area contributed by atoms with E-state index >= 15 is 0 Å². The molecule has 0 rings (SSSR count). The lowest BCUT2D eigenvalue weighted by molar-refractivity contribution is -0.167. The smallest absolute Gasteiger partial charge is 0.306 e. The minimum absolute atomic E-state index is 0.0802. The van der Waals surface area contributed by atoms with Crippen molar-refractivity contribution in [3.8, 4) is 0 Å². The molecule has 0 aromatic carbocycles. The fourth-order valence-corrected chi connectivity index (χ4v) is 7.08. The predicted molar refractivity (Wildman–Crippen MR) is 252 cm³/mol. The second-order valence-electron chi connectivity index (χ2n) is 16.7. The van der Waals surface area contributed by atoms with Gasteiger partial charge in [0.15, 0.2) is 6.10 Å². The summed E-state index contributed by atoms with van der Waals surface area (Å²) in [6, 6.07) is 0. The summed E-state index contributed by atoms with van der Waals surface area (Å²) in [5.74, 6) is -0.908. The molecule has 0 N–H and O–H groups in total. The summed E-state index contributed by atoms with van der Waals surface area (Å²) in [5.41, 5.74) is 0. The number of carbonyl (C=O) groups excluding carboxylic acids is 3. The molecule has 0 aliphatic rings. The largest absolute Gasteiger partial charge is 0.462 e. The third-order valence-corrected chi connectivity index (χ3v) is 10.8. The maximum atomic E-state index is 12.8. The highest BCUT2D eigenvalue weighted by Gasteiger charge is 2.19. The molecule has 0 saturated carbocycles. The van der Waals surface area contributed by atoms with E-state index in [2.05, 4.69) is 69.4 Å². The summed E-state index contributed by atoms with van der Waals surface area (Å²) in [4.78, 5) is 37.8. The first-order chi connectivity index (χ1) is 29.0. The number of rotatable bonds is 45. The van der Waals surface area contributed by atoms with Gasteiger partial charge in [-0.05, 0) is 57.8 Å². The molecule has 0 bridgehead atoms. The number of hydrogen-bond donors (Lipinski definition) is 0. The third-order valence-electron chi connectivity index (χ3n) is 10.8. The SMILES string of the molecule is CC/C=C\C/C=C\C/C=C\C/C=C\CCCCCC(=O)OCC(COC(=O)CCCCCCCCCCC)OC(=O)CCCCCCCCCCCCCCCCCC. The zero-order valence-corrected chi connectivity index (χ0v) is 39.0. The van der Waals surface area contributed by atoms with Crippen LogP contribution < -0.4 is 0 Å². The van der Waals surface area contributed by atoms with Crippen molar-refractivity contribution in [3.63, 3.8) is 0 Å². The molecule has 1 atom stereocenters. The van der Waals surface area contributed by atoms with Gasteiger partial charge in [-0.2, -0.15) is 0 Å². The van der Waals surface area contributed by atoms with Crippen molar-refractivity contribution in [3.05, 3.63) is 48.6 Å². The zero-order chi connectivity index (χ0) is 43.0. The van der Waals surface area contributed by atoms with E-state index in [4.69, 9.17) is 14.2 Å². The zero-order valence-electron chi connectivity index (χ0n) is 39.0. The second kappa shape index (κ2) is 48.0. The average Bonchev–Trinajstić information content (AvgIpc) is 3.23. The molecule has 6 heteroatoms. The van der Waals surface area contributed by atoms with Crippen molar-refractivity contribution >= 4 is 17.9 Å². The Hall–Kier alpha value is -2.63. The molecular weight excluding hydrogens is 733 g/mol. The maximum absolute atomic E-state index is 12.8. The summed E-state index contributed by atoms with van der Waals surface area (Å²) in [6.45, 7) is 6.49. The number of allylic oxidation sites excluding steroid dienone is 8. The van der Waals surface area contributed by atoms with E-state index in [1.54, 1.807) is 0 Å². The molecule has 0 aromatic rings. The van der Waals surface area contributed by atoms with Gasteiger partial charge in [0.1, 0.15) is 13.2 Å². The Morgan fingerprint density at radius 3 is 1.03 bits per heavy atom. The summed E-state index contributed by atoms with van der Waals surface area (Å²) >= 11 is 0. The van der Waals surface area contributed by atoms with Gasteiger partial charge in [0.2, 0.25) is 0 Å². The molecule has 59 heavy (non-hydrogen) atoms. The molecule has 6 nitrogen and oxygen atoms in total. The lowest BCUT2D eigenvalue weighted by atomic mass is 10.0. The first-order valence-electron chi connectivity index (χ1n) is 25.1. The van der Waals surface area contributed by atoms with Gasteiger partial charge in [-0.1, -0.05) is 223 Å². The van der Waals surface area contributed by atoms with Crippen molar-refractivity contribution in [1.29, 1.82) is 0 Å². The molecule has 0 heterocycles. The lowest BCUT2D eigenvalue weighted by Crippen LogP contribution is -2.30. The monoisotopic (exact) mass is 827 g/mol. The van der Waals surface area contributed by atoms with Crippen LogP contribution in [0.25, 0.3) is 0 Å². The van der Waals surface area contributed by atoms with Gasteiger partial charge >= 0.3 is 17.9 Å². The van der Waals surface area contributed by atoms with Crippen molar-refractivity contribution in [2.45, 2.75) is 258 Å². The molecule has 0 aliphatic heterocycles. The van der Waals surface area contributed by atoms with Crippen LogP contribution in [0.5, 0.6) is 0 Å². The molecule has 342 valence electrons. The number of esters is 3. The summed E-state index contributed by atoms with van der Waals surface area (Å²) in [6.07, 6.45) is 56.7. The highest BCUT2D eigenvalue weighted by Crippen LogP contribution is 2.15. The molecule has 0 fully saturated rings. The van der Waals surface area contributed by atoms with Crippen molar-refractivity contribution < 1.29 is 28.6 Å². The molecule has 0 aromatic heterocycles. The van der Waals surface area contributed by atoms with E-state index in [1.165, 1.54) is 122 Å². The molecular formula is C53H94O6. The van der Waals surface area contributed by atoms with E-state index in [0.29, 0.717) is 19.3 Å². The van der Waals surface area contributed by atoms with Crippen LogP contribution in [0.3, 0.4) is 0 Å². The van der Waals surface area contributed by atoms with Gasteiger partial charge in [-0.15, -0.1) is 0 Å². The van der Waals surface area contributed by atoms with E-state index < -0.39 is 6.10 Å². The number of carbonyl (C=O) groups is 3. The molecule has 0 radical (unpaired) electrons. The summed E-state index contributed by atoms with van der Waals surface area (Å²) < 4.78 is 16.7. The Balaban J connectivity index is 4.36. The van der Waals surface area contributed by atoms with Crippen molar-refractivity contribution in [1.82, 2.24) is 0 Å². The summed E-state index contributed by atoms with van der Waals surface area (Å²) in [7, 11) is 0. The van der Waals surface area contributed by atoms with Crippen LogP contribution in [0.1, 0.15) is 252 Å². The number of ether oxygens (including phenoxy) is 3. The lowest BCUT2D eigenvalue weighted by Gasteiger charge is -2.18. The summed E-state index contributed by atoms with van der Waals surface area (Å²) in [5, 5.41) is 0. The third kappa shape index (κ3) is 46.3. The Morgan fingerprint density at radius 1 is 0.356 bits per heavy atom. The van der Waals surface area contributed by atoms with Crippen LogP contribution in [0.4, 0.5) is 0 Å². The Morgan fingerprint density at radius 2 is 0.661 bits per heavy atom. The quantitative estimate of drug-likeness (QED) is 0.0263. The van der Waals surface area contributed by atoms with Gasteiger partial charge in [-0.3, -0.25) is 14.4 Å². The molecule has 0 spiro atoms. The molecule has 0 amide bonds. The fraction of sp³-hybridized carbons (Fsp3) is 0.792. The minimum atomic E-state index is -0.780. The number of unbranched alkanes of at least 4 members (excludes halogenated alkanes) is 26. The topological polar surface area (TPSA) is 78.9 Å². The standard InChI is InChI=1S/C53H94O6/c1-4-7-10-13-16-19-21-23-25-27-29-31-34-37-40-43-46-52(55)58-49-50(48-57-51(54)45-42-39-36-33-18-15-12-9-6-3)59-53(56)47-44-41-38-35-32-30-28-26-24-22-20-17-14-11-8-5-2/h7,10,16,19,23,25,29,31,50H,4-6,8-9,11-15,17-18,20-22,24,26-28,30,32-49H2,1-3H3/b10-7-,19-16-,25-23-,31-29-. The average molecular weight is 827 g/mol. The highest BCUT2D eigenvalue weighted by atomic mass is 16.6.